The predicted octanol–water partition coefficient (Wildman–Crippen LogP) is 1.77. The molecule has 0 saturated carbocycles. The molecule has 0 atom stereocenters. The summed E-state index contributed by atoms with van der Waals surface area (Å²) in [5, 5.41) is 1.96. The average Bonchev–Trinajstić information content (AvgIpc) is 2.17. The number of rotatable bonds is 2. The molecule has 0 heterocycles. The number of hydrogen-bond donors (Lipinski definition) is 0. The summed E-state index contributed by atoms with van der Waals surface area (Å²) in [6.45, 7) is 0. The minimum Gasteiger partial charge on any atom is -0.497 e. The molecule has 5 heteroatoms. The fraction of sp³-hybridized carbons (Fsp3) is 0.200. The van der Waals surface area contributed by atoms with Gasteiger partial charge < -0.3 is 4.74 Å². The Morgan fingerprint density at radius 3 is 2.40 bits per heavy atom. The first-order valence-electron chi connectivity index (χ1n) is 4.08. The Morgan fingerprint density at radius 1 is 1.33 bits per heavy atom. The van der Waals surface area contributed by atoms with Gasteiger partial charge in [-0.25, -0.2) is 0 Å². The lowest BCUT2D eigenvalue weighted by molar-refractivity contribution is 0.414. The van der Waals surface area contributed by atoms with Crippen molar-refractivity contribution in [2.24, 2.45) is 0 Å². The van der Waals surface area contributed by atoms with Crippen LogP contribution in [0.2, 0.25) is 0 Å². The van der Waals surface area contributed by atoms with Crippen LogP contribution in [0.5, 0.6) is 5.75 Å². The summed E-state index contributed by atoms with van der Waals surface area (Å²) in [6.07, 6.45) is 0.343. The average molecular weight is 245 g/mol. The summed E-state index contributed by atoms with van der Waals surface area (Å²) >= 11 is 0. The summed E-state index contributed by atoms with van der Waals surface area (Å²) in [5.41, 5.74) is 0.906. The van der Waals surface area contributed by atoms with Gasteiger partial charge in [0, 0.05) is 22.4 Å². The molecule has 0 saturated heterocycles. The van der Waals surface area contributed by atoms with E-state index in [1.165, 1.54) is 0 Å². The monoisotopic (exact) mass is 244 g/mol. The van der Waals surface area contributed by atoms with E-state index in [-0.39, 0.29) is 0 Å². The molecule has 0 aliphatic heterocycles. The van der Waals surface area contributed by atoms with Crippen LogP contribution in [0.25, 0.3) is 0 Å². The first-order chi connectivity index (χ1) is 7.01. The summed E-state index contributed by atoms with van der Waals surface area (Å²) in [4.78, 5) is 0. The largest absolute Gasteiger partial charge is 0.497 e. The van der Waals surface area contributed by atoms with Crippen molar-refractivity contribution < 1.29 is 13.2 Å². The minimum atomic E-state index is -3.72. The summed E-state index contributed by atoms with van der Waals surface area (Å²) in [6, 6.07) is 7.20. The van der Waals surface area contributed by atoms with Gasteiger partial charge in [0.2, 0.25) is 0 Å². The number of methoxy groups -OCH3 is 1. The summed E-state index contributed by atoms with van der Waals surface area (Å²) < 4.78 is 26.0. The van der Waals surface area contributed by atoms with Gasteiger partial charge in [-0.3, -0.25) is 0 Å². The van der Waals surface area contributed by atoms with Crippen molar-refractivity contribution in [2.75, 3.05) is 7.11 Å². The minimum absolute atomic E-state index is 0.343. The standard InChI is InChI=1S/C10H9ClO3S/c1-14-10-6-4-9(5-7-10)3-2-8-15(11,12)13/h4-7H,3H2,1H3. The summed E-state index contributed by atoms with van der Waals surface area (Å²) in [5.74, 6) is 3.22. The van der Waals surface area contributed by atoms with E-state index >= 15 is 0 Å². The van der Waals surface area contributed by atoms with Crippen molar-refractivity contribution in [3.63, 3.8) is 0 Å². The van der Waals surface area contributed by atoms with E-state index < -0.39 is 9.05 Å². The second-order valence-corrected chi connectivity index (χ2v) is 5.04. The second-order valence-electron chi connectivity index (χ2n) is 2.74. The third-order valence-electron chi connectivity index (χ3n) is 1.65. The maximum absolute atomic E-state index is 10.5. The van der Waals surface area contributed by atoms with Crippen molar-refractivity contribution in [3.05, 3.63) is 29.8 Å². The van der Waals surface area contributed by atoms with Gasteiger partial charge in [0.15, 0.2) is 0 Å². The van der Waals surface area contributed by atoms with Gasteiger partial charge in [0.25, 0.3) is 0 Å². The van der Waals surface area contributed by atoms with Crippen LogP contribution in [0.4, 0.5) is 0 Å². The Balaban J connectivity index is 2.69. The van der Waals surface area contributed by atoms with Gasteiger partial charge >= 0.3 is 9.05 Å². The fourth-order valence-corrected chi connectivity index (χ4v) is 1.38. The third-order valence-corrected chi connectivity index (χ3v) is 2.27. The van der Waals surface area contributed by atoms with E-state index in [2.05, 4.69) is 5.92 Å². The van der Waals surface area contributed by atoms with Crippen LogP contribution < -0.4 is 4.74 Å². The van der Waals surface area contributed by atoms with Crippen molar-refractivity contribution in [1.82, 2.24) is 0 Å². The fourth-order valence-electron chi connectivity index (χ4n) is 0.968. The molecule has 0 radical (unpaired) electrons. The van der Waals surface area contributed by atoms with Crippen LogP contribution in [0.1, 0.15) is 5.56 Å². The SMILES string of the molecule is COc1ccc(CC#CS(=O)(=O)Cl)cc1. The Morgan fingerprint density at radius 2 is 1.93 bits per heavy atom. The maximum atomic E-state index is 10.5. The van der Waals surface area contributed by atoms with Crippen LogP contribution in [-0.2, 0) is 15.5 Å². The predicted molar refractivity (Wildman–Crippen MR) is 59.2 cm³/mol. The molecule has 0 unspecified atom stereocenters. The Labute approximate surface area is 93.4 Å². The molecular weight excluding hydrogens is 236 g/mol. The van der Waals surface area contributed by atoms with E-state index in [9.17, 15) is 8.42 Å². The second kappa shape index (κ2) is 5.06. The number of ether oxygens (including phenoxy) is 1. The molecule has 1 rings (SSSR count). The Hall–Kier alpha value is -1.18. The number of benzene rings is 1. The lowest BCUT2D eigenvalue weighted by atomic mass is 10.1. The first kappa shape index (κ1) is 11.9. The van der Waals surface area contributed by atoms with Gasteiger partial charge in [0.1, 0.15) is 5.75 Å². The lowest BCUT2D eigenvalue weighted by Gasteiger charge is -1.99. The van der Waals surface area contributed by atoms with Gasteiger partial charge in [-0.05, 0) is 17.7 Å². The highest BCUT2D eigenvalue weighted by molar-refractivity contribution is 8.17. The maximum Gasteiger partial charge on any atom is 0.300 e. The van der Waals surface area contributed by atoms with Gasteiger partial charge in [0.05, 0.1) is 7.11 Å². The third kappa shape index (κ3) is 4.73. The van der Waals surface area contributed by atoms with Crippen LogP contribution in [0, 0.1) is 11.2 Å². The van der Waals surface area contributed by atoms with E-state index in [0.29, 0.717) is 6.42 Å². The Kier molecular flexibility index (Phi) is 4.01. The number of halogens is 1. The zero-order valence-electron chi connectivity index (χ0n) is 8.03. The number of hydrogen-bond acceptors (Lipinski definition) is 3. The van der Waals surface area contributed by atoms with Crippen molar-refractivity contribution in [3.8, 4) is 16.9 Å². The zero-order valence-corrected chi connectivity index (χ0v) is 9.60. The molecule has 0 N–H and O–H groups in total. The van der Waals surface area contributed by atoms with Crippen molar-refractivity contribution in [2.45, 2.75) is 6.42 Å². The first-order valence-corrected chi connectivity index (χ1v) is 6.39. The lowest BCUT2D eigenvalue weighted by Crippen LogP contribution is -1.86. The van der Waals surface area contributed by atoms with E-state index in [1.807, 2.05) is 17.4 Å². The smallest absolute Gasteiger partial charge is 0.300 e. The van der Waals surface area contributed by atoms with Gasteiger partial charge in [-0.1, -0.05) is 18.1 Å². The highest BCUT2D eigenvalue weighted by Crippen LogP contribution is 2.11. The van der Waals surface area contributed by atoms with E-state index in [1.54, 1.807) is 19.2 Å². The Bertz CT molecular complexity index is 480. The van der Waals surface area contributed by atoms with Crippen molar-refractivity contribution in [1.29, 1.82) is 0 Å². The molecule has 0 spiro atoms. The van der Waals surface area contributed by atoms with Gasteiger partial charge in [-0.2, -0.15) is 8.42 Å². The van der Waals surface area contributed by atoms with Crippen LogP contribution in [0.15, 0.2) is 24.3 Å². The van der Waals surface area contributed by atoms with E-state index in [4.69, 9.17) is 15.4 Å². The molecule has 0 fully saturated rings. The van der Waals surface area contributed by atoms with Gasteiger partial charge in [-0.15, -0.1) is 0 Å². The van der Waals surface area contributed by atoms with Crippen LogP contribution in [0.3, 0.4) is 0 Å². The normalized spacial score (nSPS) is 10.3. The van der Waals surface area contributed by atoms with E-state index in [0.717, 1.165) is 11.3 Å². The topological polar surface area (TPSA) is 43.4 Å². The van der Waals surface area contributed by atoms with Crippen LogP contribution in [-0.4, -0.2) is 15.5 Å². The molecule has 3 nitrogen and oxygen atoms in total. The van der Waals surface area contributed by atoms with Crippen molar-refractivity contribution >= 4 is 19.7 Å². The quantitative estimate of drug-likeness (QED) is 0.588. The molecule has 80 valence electrons. The molecule has 1 aromatic rings. The van der Waals surface area contributed by atoms with Crippen LogP contribution >= 0.6 is 10.7 Å². The molecule has 15 heavy (non-hydrogen) atoms. The zero-order chi connectivity index (χ0) is 11.3. The molecule has 0 aliphatic carbocycles. The highest BCUT2D eigenvalue weighted by Gasteiger charge is 1.96. The molecule has 0 bridgehead atoms. The molecular formula is C10H9ClO3S. The highest BCUT2D eigenvalue weighted by atomic mass is 35.7. The molecule has 0 aromatic heterocycles. The molecule has 1 aromatic carbocycles. The molecule has 0 aliphatic rings. The molecule has 0 amide bonds. The summed E-state index contributed by atoms with van der Waals surface area (Å²) in [7, 11) is 2.78.